The van der Waals surface area contributed by atoms with Crippen molar-refractivity contribution in [2.45, 2.75) is 84.5 Å². The van der Waals surface area contributed by atoms with Gasteiger partial charge in [-0.3, -0.25) is 4.79 Å². The molecule has 2 heteroatoms. The van der Waals surface area contributed by atoms with Gasteiger partial charge in [0, 0.05) is 6.42 Å². The van der Waals surface area contributed by atoms with E-state index in [1.54, 1.807) is 0 Å². The lowest BCUT2D eigenvalue weighted by atomic mass is 9.94. The third-order valence-electron chi connectivity index (χ3n) is 3.47. The number of unbranched alkanes of at least 4 members (excludes halogenated alkanes) is 7. The van der Waals surface area contributed by atoms with E-state index in [1.165, 1.54) is 32.1 Å². The minimum atomic E-state index is -0.326. The first-order valence-corrected chi connectivity index (χ1v) is 7.74. The number of hydrogen-bond donors (Lipinski definition) is 0. The molecule has 18 heavy (non-hydrogen) atoms. The van der Waals surface area contributed by atoms with Crippen LogP contribution in [0, 0.1) is 5.92 Å². The topological polar surface area (TPSA) is 34.1 Å². The Morgan fingerprint density at radius 3 is 2.00 bits per heavy atom. The Balaban J connectivity index is 3.65. The Morgan fingerprint density at radius 2 is 1.44 bits per heavy atom. The Bertz CT molecular complexity index is 211. The Hall–Kier alpha value is -0.660. The van der Waals surface area contributed by atoms with Gasteiger partial charge in [0.15, 0.2) is 0 Å². The van der Waals surface area contributed by atoms with Crippen LogP contribution in [-0.4, -0.2) is 12.1 Å². The molecule has 0 N–H and O–H groups in total. The van der Waals surface area contributed by atoms with Gasteiger partial charge in [0.25, 0.3) is 0 Å². The van der Waals surface area contributed by atoms with Gasteiger partial charge < -0.3 is 4.79 Å². The second kappa shape index (κ2) is 12.8. The fraction of sp³-hybridized carbons (Fsp3) is 0.875. The molecule has 0 aromatic heterocycles. The molecule has 0 rings (SSSR count). The molecule has 0 radical (unpaired) electrons. The largest absolute Gasteiger partial charge is 0.303 e. The van der Waals surface area contributed by atoms with Gasteiger partial charge in [-0.1, -0.05) is 65.2 Å². The lowest BCUT2D eigenvalue weighted by Gasteiger charge is -2.08. The van der Waals surface area contributed by atoms with Crippen LogP contribution >= 0.6 is 0 Å². The fourth-order valence-corrected chi connectivity index (χ4v) is 2.18. The van der Waals surface area contributed by atoms with Crippen molar-refractivity contribution in [3.05, 3.63) is 0 Å². The number of Topliss-reactive ketones (excluding diaryl/α,β-unsaturated/α-hetero) is 1. The van der Waals surface area contributed by atoms with Crippen LogP contribution in [0.3, 0.4) is 0 Å². The standard InChI is InChI=1S/C16H30O2/c1-3-5-7-9-11-13-16(18)15(14-17)12-10-8-6-4-2/h14-15H,3-13H2,1-2H3. The lowest BCUT2D eigenvalue weighted by Crippen LogP contribution is -2.15. The predicted octanol–water partition coefficient (Wildman–Crippen LogP) is 4.70. The van der Waals surface area contributed by atoms with Gasteiger partial charge in [-0.25, -0.2) is 0 Å². The van der Waals surface area contributed by atoms with Gasteiger partial charge in [-0.05, 0) is 12.8 Å². The minimum Gasteiger partial charge on any atom is -0.303 e. The number of carbonyl (C=O) groups is 2. The van der Waals surface area contributed by atoms with Gasteiger partial charge >= 0.3 is 0 Å². The average Bonchev–Trinajstić information content (AvgIpc) is 2.38. The van der Waals surface area contributed by atoms with E-state index < -0.39 is 0 Å². The van der Waals surface area contributed by atoms with Gasteiger partial charge in [0.2, 0.25) is 0 Å². The lowest BCUT2D eigenvalue weighted by molar-refractivity contribution is -0.127. The fourth-order valence-electron chi connectivity index (χ4n) is 2.18. The van der Waals surface area contributed by atoms with Crippen molar-refractivity contribution in [3.8, 4) is 0 Å². The molecule has 106 valence electrons. The van der Waals surface area contributed by atoms with Crippen LogP contribution in [0.4, 0.5) is 0 Å². The predicted molar refractivity (Wildman–Crippen MR) is 76.7 cm³/mol. The first-order chi connectivity index (χ1) is 8.76. The van der Waals surface area contributed by atoms with E-state index in [9.17, 15) is 9.59 Å². The molecule has 0 aliphatic heterocycles. The van der Waals surface area contributed by atoms with E-state index in [-0.39, 0.29) is 11.7 Å². The molecule has 0 fully saturated rings. The highest BCUT2D eigenvalue weighted by Gasteiger charge is 2.16. The zero-order chi connectivity index (χ0) is 13.6. The number of ketones is 1. The summed E-state index contributed by atoms with van der Waals surface area (Å²) in [7, 11) is 0. The summed E-state index contributed by atoms with van der Waals surface area (Å²) >= 11 is 0. The van der Waals surface area contributed by atoms with Gasteiger partial charge in [0.05, 0.1) is 5.92 Å². The highest BCUT2D eigenvalue weighted by atomic mass is 16.1. The maximum Gasteiger partial charge on any atom is 0.143 e. The van der Waals surface area contributed by atoms with E-state index in [1.807, 2.05) is 0 Å². The number of carbonyl (C=O) groups excluding carboxylic acids is 2. The third-order valence-corrected chi connectivity index (χ3v) is 3.47. The molecule has 1 unspecified atom stereocenters. The van der Waals surface area contributed by atoms with Crippen molar-refractivity contribution in [2.75, 3.05) is 0 Å². The molecule has 0 aliphatic rings. The maximum absolute atomic E-state index is 11.8. The summed E-state index contributed by atoms with van der Waals surface area (Å²) < 4.78 is 0. The molecule has 0 saturated heterocycles. The Morgan fingerprint density at radius 1 is 0.889 bits per heavy atom. The van der Waals surface area contributed by atoms with Crippen LogP contribution in [0.15, 0.2) is 0 Å². The Kier molecular flexibility index (Phi) is 12.3. The minimum absolute atomic E-state index is 0.165. The number of aldehydes is 1. The van der Waals surface area contributed by atoms with Crippen molar-refractivity contribution in [2.24, 2.45) is 5.92 Å². The number of rotatable bonds is 13. The summed E-state index contributed by atoms with van der Waals surface area (Å²) in [5.74, 6) is -0.161. The smallest absolute Gasteiger partial charge is 0.143 e. The van der Waals surface area contributed by atoms with Crippen LogP contribution in [-0.2, 0) is 9.59 Å². The summed E-state index contributed by atoms with van der Waals surface area (Å²) in [5.41, 5.74) is 0. The molecule has 0 spiro atoms. The highest BCUT2D eigenvalue weighted by molar-refractivity contribution is 5.93. The van der Waals surface area contributed by atoms with E-state index in [4.69, 9.17) is 0 Å². The highest BCUT2D eigenvalue weighted by Crippen LogP contribution is 2.14. The molecule has 0 saturated carbocycles. The maximum atomic E-state index is 11.8. The van der Waals surface area contributed by atoms with Crippen molar-refractivity contribution in [1.82, 2.24) is 0 Å². The first kappa shape index (κ1) is 17.3. The SMILES string of the molecule is CCCCCCCC(=O)C(C=O)CCCCCC. The van der Waals surface area contributed by atoms with Crippen molar-refractivity contribution in [1.29, 1.82) is 0 Å². The van der Waals surface area contributed by atoms with Crippen molar-refractivity contribution in [3.63, 3.8) is 0 Å². The monoisotopic (exact) mass is 254 g/mol. The van der Waals surface area contributed by atoms with E-state index in [0.29, 0.717) is 6.42 Å². The zero-order valence-corrected chi connectivity index (χ0v) is 12.2. The molecular weight excluding hydrogens is 224 g/mol. The average molecular weight is 254 g/mol. The second-order valence-electron chi connectivity index (χ2n) is 5.22. The summed E-state index contributed by atoms with van der Waals surface area (Å²) in [6, 6.07) is 0. The van der Waals surface area contributed by atoms with Crippen molar-refractivity contribution < 1.29 is 9.59 Å². The second-order valence-corrected chi connectivity index (χ2v) is 5.22. The van der Waals surface area contributed by atoms with E-state index >= 15 is 0 Å². The number of hydrogen-bond acceptors (Lipinski definition) is 2. The summed E-state index contributed by atoms with van der Waals surface area (Å²) in [6.07, 6.45) is 12.5. The van der Waals surface area contributed by atoms with Gasteiger partial charge in [-0.2, -0.15) is 0 Å². The molecule has 0 aromatic carbocycles. The van der Waals surface area contributed by atoms with E-state index in [2.05, 4.69) is 13.8 Å². The van der Waals surface area contributed by atoms with Crippen LogP contribution in [0.1, 0.15) is 84.5 Å². The first-order valence-electron chi connectivity index (χ1n) is 7.74. The zero-order valence-electron chi connectivity index (χ0n) is 12.2. The van der Waals surface area contributed by atoms with Crippen LogP contribution in [0.2, 0.25) is 0 Å². The van der Waals surface area contributed by atoms with Crippen LogP contribution < -0.4 is 0 Å². The van der Waals surface area contributed by atoms with Gasteiger partial charge in [-0.15, -0.1) is 0 Å². The molecular formula is C16H30O2. The van der Waals surface area contributed by atoms with Crippen LogP contribution in [0.5, 0.6) is 0 Å². The third kappa shape index (κ3) is 9.38. The summed E-state index contributed by atoms with van der Waals surface area (Å²) in [6.45, 7) is 4.35. The molecule has 0 bridgehead atoms. The summed E-state index contributed by atoms with van der Waals surface area (Å²) in [4.78, 5) is 22.8. The molecule has 0 amide bonds. The van der Waals surface area contributed by atoms with Gasteiger partial charge in [0.1, 0.15) is 12.1 Å². The molecule has 1 atom stereocenters. The molecule has 2 nitrogen and oxygen atoms in total. The molecule has 0 aromatic rings. The quantitative estimate of drug-likeness (QED) is 0.271. The molecule has 0 heterocycles. The Labute approximate surface area is 113 Å². The van der Waals surface area contributed by atoms with Crippen LogP contribution in [0.25, 0.3) is 0 Å². The molecule has 0 aliphatic carbocycles. The van der Waals surface area contributed by atoms with E-state index in [0.717, 1.165) is 38.4 Å². The summed E-state index contributed by atoms with van der Waals surface area (Å²) in [5, 5.41) is 0. The van der Waals surface area contributed by atoms with Crippen molar-refractivity contribution >= 4 is 12.1 Å². The normalized spacial score (nSPS) is 12.3.